The quantitative estimate of drug-likeness (QED) is 0.763. The van der Waals surface area contributed by atoms with Crippen LogP contribution in [0.2, 0.25) is 0 Å². The summed E-state index contributed by atoms with van der Waals surface area (Å²) >= 11 is 0. The Kier molecular flexibility index (Phi) is 5.91. The Morgan fingerprint density at radius 1 is 1.36 bits per heavy atom. The molecule has 0 saturated carbocycles. The number of carbonyl (C=O) groups excluding carboxylic acids is 2. The van der Waals surface area contributed by atoms with E-state index in [0.29, 0.717) is 18.5 Å². The zero-order valence-corrected chi connectivity index (χ0v) is 12.7. The second-order valence-corrected chi connectivity index (χ2v) is 5.16. The first kappa shape index (κ1) is 16.5. The third-order valence-corrected chi connectivity index (χ3v) is 3.60. The minimum absolute atomic E-state index is 0.0893. The van der Waals surface area contributed by atoms with Crippen LogP contribution in [0.5, 0.6) is 0 Å². The van der Waals surface area contributed by atoms with Gasteiger partial charge in [-0.2, -0.15) is 0 Å². The number of carbonyl (C=O) groups is 2. The maximum absolute atomic E-state index is 12.3. The lowest BCUT2D eigenvalue weighted by Crippen LogP contribution is -2.41. The predicted octanol–water partition coefficient (Wildman–Crippen LogP) is 0.913. The molecule has 1 aromatic carbocycles. The highest BCUT2D eigenvalue weighted by atomic mass is 16.5. The molecule has 0 radical (unpaired) electrons. The van der Waals surface area contributed by atoms with Crippen LogP contribution in [0.15, 0.2) is 30.3 Å². The Bertz CT molecular complexity index is 506. The largest absolute Gasteiger partial charge is 0.464 e. The van der Waals surface area contributed by atoms with Gasteiger partial charge in [0.2, 0.25) is 5.91 Å². The zero-order chi connectivity index (χ0) is 15.9. The van der Waals surface area contributed by atoms with E-state index in [9.17, 15) is 9.59 Å². The van der Waals surface area contributed by atoms with E-state index in [1.807, 2.05) is 18.2 Å². The highest BCUT2D eigenvalue weighted by molar-refractivity contribution is 5.87. The topological polar surface area (TPSA) is 90.7 Å². The third kappa shape index (κ3) is 4.05. The average Bonchev–Trinajstić information content (AvgIpc) is 3.02. The Hall–Kier alpha value is -1.92. The van der Waals surface area contributed by atoms with Crippen LogP contribution in [0.25, 0.3) is 0 Å². The second-order valence-electron chi connectivity index (χ2n) is 5.16. The van der Waals surface area contributed by atoms with Crippen LogP contribution in [0, 0.1) is 0 Å². The highest BCUT2D eigenvalue weighted by Crippen LogP contribution is 2.21. The van der Waals surface area contributed by atoms with Crippen molar-refractivity contribution < 1.29 is 19.1 Å². The van der Waals surface area contributed by atoms with Crippen LogP contribution >= 0.6 is 0 Å². The molecule has 2 rings (SSSR count). The van der Waals surface area contributed by atoms with Crippen molar-refractivity contribution in [2.24, 2.45) is 5.73 Å². The molecule has 1 aliphatic heterocycles. The van der Waals surface area contributed by atoms with Gasteiger partial charge >= 0.3 is 5.97 Å². The molecule has 22 heavy (non-hydrogen) atoms. The van der Waals surface area contributed by atoms with Gasteiger partial charge in [-0.15, -0.1) is 0 Å². The molecule has 0 aromatic heterocycles. The van der Waals surface area contributed by atoms with E-state index in [0.717, 1.165) is 6.42 Å². The number of ether oxygens (including phenoxy) is 2. The average molecular weight is 306 g/mol. The lowest BCUT2D eigenvalue weighted by Gasteiger charge is -2.20. The summed E-state index contributed by atoms with van der Waals surface area (Å²) in [5, 5.41) is 2.73. The molecule has 0 bridgehead atoms. The summed E-state index contributed by atoms with van der Waals surface area (Å²) < 4.78 is 10.6. The summed E-state index contributed by atoms with van der Waals surface area (Å²) in [4.78, 5) is 24.4. The van der Waals surface area contributed by atoms with Crippen molar-refractivity contribution in [3.8, 4) is 0 Å². The van der Waals surface area contributed by atoms with Crippen LogP contribution < -0.4 is 11.1 Å². The second kappa shape index (κ2) is 7.91. The van der Waals surface area contributed by atoms with E-state index >= 15 is 0 Å². The van der Waals surface area contributed by atoms with Crippen molar-refractivity contribution in [3.63, 3.8) is 0 Å². The van der Waals surface area contributed by atoms with Gasteiger partial charge in [0, 0.05) is 6.54 Å². The first-order valence-electron chi connectivity index (χ1n) is 7.53. The molecule has 0 aliphatic carbocycles. The molecule has 3 atom stereocenters. The molecule has 120 valence electrons. The van der Waals surface area contributed by atoms with Crippen molar-refractivity contribution in [1.29, 1.82) is 0 Å². The minimum Gasteiger partial charge on any atom is -0.464 e. The van der Waals surface area contributed by atoms with Gasteiger partial charge in [-0.1, -0.05) is 30.3 Å². The summed E-state index contributed by atoms with van der Waals surface area (Å²) in [6, 6.07) is 8.20. The third-order valence-electron chi connectivity index (χ3n) is 3.60. The van der Waals surface area contributed by atoms with Crippen LogP contribution in [-0.2, 0) is 19.1 Å². The van der Waals surface area contributed by atoms with E-state index in [2.05, 4.69) is 5.32 Å². The van der Waals surface area contributed by atoms with E-state index in [4.69, 9.17) is 15.2 Å². The number of esters is 1. The van der Waals surface area contributed by atoms with E-state index in [1.165, 1.54) is 0 Å². The fraction of sp³-hybridized carbons (Fsp3) is 0.500. The van der Waals surface area contributed by atoms with Crippen LogP contribution in [0.4, 0.5) is 0 Å². The highest BCUT2D eigenvalue weighted by Gasteiger charge is 2.33. The van der Waals surface area contributed by atoms with Gasteiger partial charge in [-0.05, 0) is 25.3 Å². The maximum Gasteiger partial charge on any atom is 0.333 e. The number of hydrogen-bond donors (Lipinski definition) is 2. The fourth-order valence-electron chi connectivity index (χ4n) is 2.46. The van der Waals surface area contributed by atoms with Crippen LogP contribution in [-0.4, -0.2) is 37.2 Å². The monoisotopic (exact) mass is 306 g/mol. The SMILES string of the molecule is CCOC(=O)[C@H](NC(=O)[C@@H]1CC[C@H](CN)O1)c1ccccc1. The molecule has 0 spiro atoms. The number of hydrogen-bond acceptors (Lipinski definition) is 5. The Morgan fingerprint density at radius 3 is 2.68 bits per heavy atom. The Balaban J connectivity index is 2.06. The molecular weight excluding hydrogens is 284 g/mol. The minimum atomic E-state index is -0.825. The molecule has 0 unspecified atom stereocenters. The van der Waals surface area contributed by atoms with E-state index in [1.54, 1.807) is 19.1 Å². The van der Waals surface area contributed by atoms with Crippen molar-refractivity contribution in [3.05, 3.63) is 35.9 Å². The van der Waals surface area contributed by atoms with Crippen LogP contribution in [0.1, 0.15) is 31.4 Å². The van der Waals surface area contributed by atoms with Gasteiger partial charge in [0.05, 0.1) is 12.7 Å². The first-order chi connectivity index (χ1) is 10.7. The Morgan fingerprint density at radius 2 is 2.09 bits per heavy atom. The molecule has 1 fully saturated rings. The van der Waals surface area contributed by atoms with Gasteiger partial charge in [0.15, 0.2) is 6.04 Å². The summed E-state index contributed by atoms with van der Waals surface area (Å²) in [6.45, 7) is 2.38. The molecule has 1 saturated heterocycles. The molecule has 1 heterocycles. The summed E-state index contributed by atoms with van der Waals surface area (Å²) in [7, 11) is 0. The van der Waals surface area contributed by atoms with Crippen molar-refractivity contribution in [2.75, 3.05) is 13.2 Å². The van der Waals surface area contributed by atoms with Crippen LogP contribution in [0.3, 0.4) is 0 Å². The lowest BCUT2D eigenvalue weighted by molar-refractivity contribution is -0.149. The summed E-state index contributed by atoms with van der Waals surface area (Å²) in [5.74, 6) is -0.784. The number of rotatable bonds is 6. The normalized spacial score (nSPS) is 22.1. The standard InChI is InChI=1S/C16H22N2O4/c1-2-21-16(20)14(11-6-4-3-5-7-11)18-15(19)13-9-8-12(10-17)22-13/h3-7,12-14H,2,8-10,17H2,1H3,(H,18,19)/t12-,13+,14-/m1/s1. The van der Waals surface area contributed by atoms with Gasteiger partial charge in [-0.25, -0.2) is 4.79 Å². The predicted molar refractivity (Wildman–Crippen MR) is 80.9 cm³/mol. The summed E-state index contributed by atoms with van der Waals surface area (Å²) in [6.07, 6.45) is 0.713. The molecular formula is C16H22N2O4. The summed E-state index contributed by atoms with van der Waals surface area (Å²) in [5.41, 5.74) is 6.23. The molecule has 1 amide bonds. The number of nitrogens with one attached hydrogen (secondary N) is 1. The number of benzene rings is 1. The first-order valence-corrected chi connectivity index (χ1v) is 7.53. The van der Waals surface area contributed by atoms with Gasteiger partial charge in [-0.3, -0.25) is 4.79 Å². The van der Waals surface area contributed by atoms with Crippen molar-refractivity contribution in [1.82, 2.24) is 5.32 Å². The van der Waals surface area contributed by atoms with E-state index in [-0.39, 0.29) is 18.6 Å². The molecule has 3 N–H and O–H groups in total. The smallest absolute Gasteiger partial charge is 0.333 e. The van der Waals surface area contributed by atoms with E-state index < -0.39 is 18.1 Å². The molecule has 6 nitrogen and oxygen atoms in total. The molecule has 6 heteroatoms. The number of amides is 1. The fourth-order valence-corrected chi connectivity index (χ4v) is 2.46. The zero-order valence-electron chi connectivity index (χ0n) is 12.7. The van der Waals surface area contributed by atoms with Crippen molar-refractivity contribution in [2.45, 2.75) is 38.0 Å². The lowest BCUT2D eigenvalue weighted by atomic mass is 10.1. The number of nitrogens with two attached hydrogens (primary N) is 1. The molecule has 1 aromatic rings. The van der Waals surface area contributed by atoms with Gasteiger partial charge in [0.25, 0.3) is 0 Å². The Labute approximate surface area is 130 Å². The van der Waals surface area contributed by atoms with Crippen molar-refractivity contribution >= 4 is 11.9 Å². The molecule has 1 aliphatic rings. The maximum atomic E-state index is 12.3. The van der Waals surface area contributed by atoms with Gasteiger partial charge in [0.1, 0.15) is 6.10 Å². The van der Waals surface area contributed by atoms with Gasteiger partial charge < -0.3 is 20.5 Å².